The quantitative estimate of drug-likeness (QED) is 0.592. The molecule has 0 aliphatic carbocycles. The highest BCUT2D eigenvalue weighted by atomic mass is 79.9. The van der Waals surface area contributed by atoms with Crippen LogP contribution in [0.25, 0.3) is 10.8 Å². The number of halogens is 1. The first-order valence-corrected chi connectivity index (χ1v) is 10.0. The van der Waals surface area contributed by atoms with Crippen LogP contribution in [0.3, 0.4) is 0 Å². The molecule has 0 radical (unpaired) electrons. The fourth-order valence-electron chi connectivity index (χ4n) is 3.41. The van der Waals surface area contributed by atoms with Gasteiger partial charge in [-0.25, -0.2) is 15.0 Å². The molecular formula is C21H19BrN6O. The van der Waals surface area contributed by atoms with Crippen LogP contribution < -0.4 is 15.5 Å². The van der Waals surface area contributed by atoms with Crippen molar-refractivity contribution in [2.24, 2.45) is 0 Å². The summed E-state index contributed by atoms with van der Waals surface area (Å²) < 4.78 is 0.855. The lowest BCUT2D eigenvalue weighted by Crippen LogP contribution is -2.27. The van der Waals surface area contributed by atoms with Crippen LogP contribution >= 0.6 is 15.9 Å². The Morgan fingerprint density at radius 1 is 1.24 bits per heavy atom. The SMILES string of the molecule is CC#CC(=O)Nc1ccc2c(N3CC[C@@H](Nc4ncc(Br)cn4)C3)nccc2c1. The molecule has 7 nitrogen and oxygen atoms in total. The van der Waals surface area contributed by atoms with Crippen molar-refractivity contribution in [2.75, 3.05) is 28.6 Å². The fourth-order valence-corrected chi connectivity index (χ4v) is 3.61. The summed E-state index contributed by atoms with van der Waals surface area (Å²) in [5.41, 5.74) is 0.718. The third-order valence-electron chi connectivity index (χ3n) is 4.68. The van der Waals surface area contributed by atoms with Gasteiger partial charge in [-0.2, -0.15) is 0 Å². The van der Waals surface area contributed by atoms with E-state index in [2.05, 4.69) is 58.3 Å². The van der Waals surface area contributed by atoms with Crippen LogP contribution in [0, 0.1) is 11.8 Å². The van der Waals surface area contributed by atoms with Gasteiger partial charge in [0.25, 0.3) is 5.91 Å². The predicted molar refractivity (Wildman–Crippen MR) is 118 cm³/mol. The molecule has 3 heterocycles. The molecule has 8 heteroatoms. The highest BCUT2D eigenvalue weighted by Crippen LogP contribution is 2.29. The Kier molecular flexibility index (Phi) is 5.58. The van der Waals surface area contributed by atoms with Gasteiger partial charge in [0.1, 0.15) is 5.82 Å². The third kappa shape index (κ3) is 4.46. The fraction of sp³-hybridized carbons (Fsp3) is 0.238. The molecule has 1 aliphatic rings. The number of carbonyl (C=O) groups excluding carboxylic acids is 1. The van der Waals surface area contributed by atoms with Crippen molar-refractivity contribution in [3.63, 3.8) is 0 Å². The maximum atomic E-state index is 11.7. The molecule has 4 rings (SSSR count). The number of carbonyl (C=O) groups is 1. The van der Waals surface area contributed by atoms with Crippen LogP contribution in [0.5, 0.6) is 0 Å². The molecule has 1 aliphatic heterocycles. The summed E-state index contributed by atoms with van der Waals surface area (Å²) in [6.07, 6.45) is 6.24. The number of pyridine rings is 1. The highest BCUT2D eigenvalue weighted by molar-refractivity contribution is 9.10. The number of rotatable bonds is 4. The summed E-state index contributed by atoms with van der Waals surface area (Å²) in [4.78, 5) is 27.2. The van der Waals surface area contributed by atoms with Crippen molar-refractivity contribution < 1.29 is 4.79 Å². The Hall–Kier alpha value is -3.18. The number of aromatic nitrogens is 3. The molecule has 1 aromatic carbocycles. The average Bonchev–Trinajstić information content (AvgIpc) is 3.17. The summed E-state index contributed by atoms with van der Waals surface area (Å²) >= 11 is 3.35. The van der Waals surface area contributed by atoms with E-state index in [4.69, 9.17) is 0 Å². The van der Waals surface area contributed by atoms with Crippen molar-refractivity contribution in [2.45, 2.75) is 19.4 Å². The first-order chi connectivity index (χ1) is 14.1. The van der Waals surface area contributed by atoms with E-state index in [1.165, 1.54) is 0 Å². The molecular weight excluding hydrogens is 432 g/mol. The minimum absolute atomic E-state index is 0.249. The van der Waals surface area contributed by atoms with Crippen molar-refractivity contribution >= 4 is 50.1 Å². The lowest BCUT2D eigenvalue weighted by Gasteiger charge is -2.20. The van der Waals surface area contributed by atoms with E-state index in [0.717, 1.165) is 46.3 Å². The molecule has 29 heavy (non-hydrogen) atoms. The van der Waals surface area contributed by atoms with Gasteiger partial charge in [-0.15, -0.1) is 0 Å². The maximum absolute atomic E-state index is 11.7. The maximum Gasteiger partial charge on any atom is 0.300 e. The standard InChI is InChI=1S/C21H19BrN6O/c1-2-3-19(29)26-16-4-5-18-14(10-16)6-8-23-20(18)28-9-7-17(13-28)27-21-24-11-15(22)12-25-21/h4-6,8,10-12,17H,7,9,13H2,1H3,(H,26,29)(H,24,25,27)/t17-/m1/s1. The second-order valence-electron chi connectivity index (χ2n) is 6.70. The van der Waals surface area contributed by atoms with Gasteiger partial charge in [0.05, 0.1) is 4.47 Å². The Bertz CT molecular complexity index is 1110. The van der Waals surface area contributed by atoms with Crippen molar-refractivity contribution in [3.05, 3.63) is 47.3 Å². The first kappa shape index (κ1) is 19.2. The zero-order valence-electron chi connectivity index (χ0n) is 15.8. The normalized spacial score (nSPS) is 15.7. The van der Waals surface area contributed by atoms with Gasteiger partial charge in [0.15, 0.2) is 0 Å². The minimum Gasteiger partial charge on any atom is -0.354 e. The lowest BCUT2D eigenvalue weighted by molar-refractivity contribution is -0.111. The molecule has 2 aromatic heterocycles. The largest absolute Gasteiger partial charge is 0.354 e. The van der Waals surface area contributed by atoms with Crippen LogP contribution in [0.15, 0.2) is 47.3 Å². The van der Waals surface area contributed by atoms with Crippen LogP contribution in [0.2, 0.25) is 0 Å². The van der Waals surface area contributed by atoms with Gasteiger partial charge in [0.2, 0.25) is 5.95 Å². The number of nitrogens with one attached hydrogen (secondary N) is 2. The Morgan fingerprint density at radius 2 is 2.07 bits per heavy atom. The van der Waals surface area contributed by atoms with E-state index < -0.39 is 0 Å². The molecule has 0 bridgehead atoms. The van der Waals surface area contributed by atoms with Crippen LogP contribution in [0.1, 0.15) is 13.3 Å². The van der Waals surface area contributed by atoms with Crippen LogP contribution in [-0.4, -0.2) is 40.0 Å². The molecule has 0 spiro atoms. The monoisotopic (exact) mass is 450 g/mol. The molecule has 3 aromatic rings. The number of hydrogen-bond acceptors (Lipinski definition) is 6. The highest BCUT2D eigenvalue weighted by Gasteiger charge is 2.25. The van der Waals surface area contributed by atoms with Gasteiger partial charge in [-0.3, -0.25) is 4.79 Å². The van der Waals surface area contributed by atoms with E-state index in [1.807, 2.05) is 24.3 Å². The van der Waals surface area contributed by atoms with Gasteiger partial charge in [-0.05, 0) is 64.8 Å². The lowest BCUT2D eigenvalue weighted by atomic mass is 10.1. The molecule has 146 valence electrons. The summed E-state index contributed by atoms with van der Waals surface area (Å²) in [7, 11) is 0. The number of nitrogens with zero attached hydrogens (tertiary/aromatic N) is 4. The van der Waals surface area contributed by atoms with Crippen molar-refractivity contribution in [1.82, 2.24) is 15.0 Å². The number of amides is 1. The average molecular weight is 451 g/mol. The number of anilines is 3. The van der Waals surface area contributed by atoms with E-state index in [0.29, 0.717) is 5.95 Å². The molecule has 0 unspecified atom stereocenters. The van der Waals surface area contributed by atoms with Gasteiger partial charge >= 0.3 is 0 Å². The van der Waals surface area contributed by atoms with E-state index in [-0.39, 0.29) is 11.9 Å². The van der Waals surface area contributed by atoms with Crippen LogP contribution in [-0.2, 0) is 4.79 Å². The minimum atomic E-state index is -0.315. The molecule has 1 atom stereocenters. The second kappa shape index (κ2) is 8.45. The van der Waals surface area contributed by atoms with E-state index >= 15 is 0 Å². The predicted octanol–water partition coefficient (Wildman–Crippen LogP) is 3.44. The number of fused-ring (bicyclic) bond motifs is 1. The summed E-state index contributed by atoms with van der Waals surface area (Å²) in [5.74, 6) is 6.34. The van der Waals surface area contributed by atoms with Gasteiger partial charge in [-0.1, -0.05) is 5.92 Å². The van der Waals surface area contributed by atoms with Crippen molar-refractivity contribution in [3.8, 4) is 11.8 Å². The van der Waals surface area contributed by atoms with E-state index in [9.17, 15) is 4.79 Å². The topological polar surface area (TPSA) is 83.0 Å². The molecule has 1 saturated heterocycles. The molecule has 1 fully saturated rings. The smallest absolute Gasteiger partial charge is 0.300 e. The van der Waals surface area contributed by atoms with Crippen molar-refractivity contribution in [1.29, 1.82) is 0 Å². The van der Waals surface area contributed by atoms with Gasteiger partial charge in [0, 0.05) is 48.8 Å². The Labute approximate surface area is 177 Å². The zero-order valence-corrected chi connectivity index (χ0v) is 17.4. The molecule has 2 N–H and O–H groups in total. The summed E-state index contributed by atoms with van der Waals surface area (Å²) in [6, 6.07) is 8.01. The van der Waals surface area contributed by atoms with Gasteiger partial charge < -0.3 is 15.5 Å². The zero-order chi connectivity index (χ0) is 20.2. The Balaban J connectivity index is 1.50. The Morgan fingerprint density at radius 3 is 2.86 bits per heavy atom. The molecule has 1 amide bonds. The first-order valence-electron chi connectivity index (χ1n) is 9.24. The van der Waals surface area contributed by atoms with E-state index in [1.54, 1.807) is 25.5 Å². The second-order valence-corrected chi connectivity index (χ2v) is 7.62. The molecule has 0 saturated carbocycles. The number of hydrogen-bond donors (Lipinski definition) is 2. The third-order valence-corrected chi connectivity index (χ3v) is 5.09. The summed E-state index contributed by atoms with van der Waals surface area (Å²) in [6.45, 7) is 3.35. The summed E-state index contributed by atoms with van der Waals surface area (Å²) in [5, 5.41) is 8.24. The number of benzene rings is 1. The van der Waals surface area contributed by atoms with Crippen LogP contribution in [0.4, 0.5) is 17.5 Å².